The number of nitrogens with two attached hydrogens (primary N) is 1. The van der Waals surface area contributed by atoms with E-state index in [0.29, 0.717) is 47.8 Å². The summed E-state index contributed by atoms with van der Waals surface area (Å²) < 4.78 is 17.4. The molecule has 2 amide bonds. The van der Waals surface area contributed by atoms with Crippen molar-refractivity contribution in [3.8, 4) is 5.75 Å². The molecule has 3 rings (SSSR count). The molecule has 5 N–H and O–H groups in total. The van der Waals surface area contributed by atoms with Gasteiger partial charge in [0.25, 0.3) is 0 Å². The van der Waals surface area contributed by atoms with Gasteiger partial charge in [0.05, 0.1) is 24.1 Å². The highest BCUT2D eigenvalue weighted by Gasteiger charge is 2.27. The number of nitrogens with one attached hydrogen (secondary N) is 2. The second-order valence-corrected chi connectivity index (χ2v) is 9.75. The SMILES string of the molecule is CCO[C@@H](CC/C=C/C(=O)Nc1ccccc1N)[C@@H](OC(=O)Nc1ccc(SC)cc1)c1ccc(OCCO)cc1. The van der Waals surface area contributed by atoms with E-state index < -0.39 is 18.3 Å². The number of hydrogen-bond donors (Lipinski definition) is 4. The fourth-order valence-corrected chi connectivity index (χ4v) is 4.39. The van der Waals surface area contributed by atoms with Gasteiger partial charge in [-0.15, -0.1) is 11.8 Å². The molecule has 0 aliphatic carbocycles. The van der Waals surface area contributed by atoms with E-state index in [1.807, 2.05) is 37.4 Å². The maximum Gasteiger partial charge on any atom is 0.412 e. The maximum absolute atomic E-state index is 13.0. The number of rotatable bonds is 15. The highest BCUT2D eigenvalue weighted by molar-refractivity contribution is 7.98. The molecular weight excluding hydrogens is 542 g/mol. The number of amides is 2. The number of nitrogen functional groups attached to an aromatic ring is 1. The van der Waals surface area contributed by atoms with Crippen molar-refractivity contribution in [2.24, 2.45) is 0 Å². The van der Waals surface area contributed by atoms with E-state index in [9.17, 15) is 9.59 Å². The van der Waals surface area contributed by atoms with Gasteiger partial charge in [0.2, 0.25) is 5.91 Å². The third-order valence-corrected chi connectivity index (χ3v) is 6.71. The number of aliphatic hydroxyl groups is 1. The molecule has 0 bridgehead atoms. The number of hydrogen-bond acceptors (Lipinski definition) is 8. The van der Waals surface area contributed by atoms with Crippen LogP contribution < -0.4 is 21.1 Å². The first-order valence-electron chi connectivity index (χ1n) is 13.3. The quantitative estimate of drug-likeness (QED) is 0.0975. The van der Waals surface area contributed by atoms with E-state index in [1.165, 1.54) is 6.08 Å². The van der Waals surface area contributed by atoms with E-state index in [-0.39, 0.29) is 19.1 Å². The zero-order valence-electron chi connectivity index (χ0n) is 23.2. The van der Waals surface area contributed by atoms with Crippen molar-refractivity contribution >= 4 is 40.8 Å². The summed E-state index contributed by atoms with van der Waals surface area (Å²) in [6, 6.07) is 21.6. The van der Waals surface area contributed by atoms with Crippen LogP contribution in [0, 0.1) is 0 Å². The van der Waals surface area contributed by atoms with E-state index in [0.717, 1.165) is 4.90 Å². The molecule has 3 aromatic carbocycles. The third-order valence-electron chi connectivity index (χ3n) is 5.96. The lowest BCUT2D eigenvalue weighted by atomic mass is 10.00. The van der Waals surface area contributed by atoms with Gasteiger partial charge < -0.3 is 30.4 Å². The fraction of sp³-hybridized carbons (Fsp3) is 0.290. The van der Waals surface area contributed by atoms with Gasteiger partial charge in [-0.1, -0.05) is 30.3 Å². The van der Waals surface area contributed by atoms with Gasteiger partial charge >= 0.3 is 6.09 Å². The van der Waals surface area contributed by atoms with Crippen molar-refractivity contribution in [3.05, 3.63) is 90.5 Å². The highest BCUT2D eigenvalue weighted by atomic mass is 32.2. The molecule has 0 aromatic heterocycles. The number of carbonyl (C=O) groups excluding carboxylic acids is 2. The van der Waals surface area contributed by atoms with Gasteiger partial charge in [-0.05, 0) is 86.2 Å². The zero-order valence-corrected chi connectivity index (χ0v) is 24.1. The van der Waals surface area contributed by atoms with Crippen molar-refractivity contribution < 1.29 is 28.9 Å². The molecule has 0 aliphatic heterocycles. The van der Waals surface area contributed by atoms with Gasteiger partial charge in [-0.3, -0.25) is 10.1 Å². The Morgan fingerprint density at radius 2 is 1.76 bits per heavy atom. The first kappa shape index (κ1) is 31.5. The van der Waals surface area contributed by atoms with Gasteiger partial charge in [-0.25, -0.2) is 4.79 Å². The molecule has 0 saturated carbocycles. The van der Waals surface area contributed by atoms with Crippen molar-refractivity contribution in [1.29, 1.82) is 0 Å². The number of para-hydroxylation sites is 2. The molecule has 0 fully saturated rings. The Hall–Kier alpha value is -3.99. The summed E-state index contributed by atoms with van der Waals surface area (Å²) in [6.45, 7) is 2.35. The highest BCUT2D eigenvalue weighted by Crippen LogP contribution is 2.29. The maximum atomic E-state index is 13.0. The number of allylic oxidation sites excluding steroid dienone is 1. The number of anilines is 3. The lowest BCUT2D eigenvalue weighted by Crippen LogP contribution is -2.29. The summed E-state index contributed by atoms with van der Waals surface area (Å²) >= 11 is 1.61. The predicted molar refractivity (Wildman–Crippen MR) is 163 cm³/mol. The molecule has 0 spiro atoms. The van der Waals surface area contributed by atoms with Crippen LogP contribution in [0.2, 0.25) is 0 Å². The van der Waals surface area contributed by atoms with E-state index in [2.05, 4.69) is 10.6 Å². The molecule has 9 nitrogen and oxygen atoms in total. The van der Waals surface area contributed by atoms with Crippen LogP contribution in [0.3, 0.4) is 0 Å². The molecule has 10 heteroatoms. The first-order valence-corrected chi connectivity index (χ1v) is 14.5. The smallest absolute Gasteiger partial charge is 0.412 e. The van der Waals surface area contributed by atoms with Crippen LogP contribution in [0.25, 0.3) is 0 Å². The number of ether oxygens (including phenoxy) is 3. The first-order chi connectivity index (χ1) is 19.9. The monoisotopic (exact) mass is 579 g/mol. The molecule has 41 heavy (non-hydrogen) atoms. The molecule has 0 saturated heterocycles. The van der Waals surface area contributed by atoms with Crippen LogP contribution in [0.15, 0.2) is 89.8 Å². The lowest BCUT2D eigenvalue weighted by Gasteiger charge is -2.27. The zero-order chi connectivity index (χ0) is 29.5. The van der Waals surface area contributed by atoms with Crippen LogP contribution in [0.1, 0.15) is 31.4 Å². The number of thioether (sulfide) groups is 1. The summed E-state index contributed by atoms with van der Waals surface area (Å²) in [4.78, 5) is 26.4. The Balaban J connectivity index is 1.71. The van der Waals surface area contributed by atoms with Crippen LogP contribution in [-0.2, 0) is 14.3 Å². The molecule has 0 aliphatic rings. The number of benzene rings is 3. The van der Waals surface area contributed by atoms with Crippen molar-refractivity contribution in [1.82, 2.24) is 0 Å². The topological polar surface area (TPSA) is 132 Å². The predicted octanol–water partition coefficient (Wildman–Crippen LogP) is 6.03. The Kier molecular flexibility index (Phi) is 13.0. The van der Waals surface area contributed by atoms with E-state index in [4.69, 9.17) is 25.1 Å². The second-order valence-electron chi connectivity index (χ2n) is 8.87. The van der Waals surface area contributed by atoms with Gasteiger partial charge in [0.15, 0.2) is 6.10 Å². The Labute approximate surface area is 245 Å². The molecule has 3 aromatic rings. The minimum atomic E-state index is -0.737. The van der Waals surface area contributed by atoms with Crippen molar-refractivity contribution in [2.45, 2.75) is 36.9 Å². The van der Waals surface area contributed by atoms with Crippen LogP contribution in [-0.4, -0.2) is 49.3 Å². The Bertz CT molecular complexity index is 1270. The average molecular weight is 580 g/mol. The van der Waals surface area contributed by atoms with E-state index in [1.54, 1.807) is 66.4 Å². The Morgan fingerprint density at radius 1 is 1.02 bits per heavy atom. The molecule has 2 atom stereocenters. The van der Waals surface area contributed by atoms with Crippen LogP contribution in [0.4, 0.5) is 21.9 Å². The molecule has 0 heterocycles. The minimum absolute atomic E-state index is 0.0950. The van der Waals surface area contributed by atoms with Gasteiger partial charge in [0.1, 0.15) is 12.4 Å². The minimum Gasteiger partial charge on any atom is -0.491 e. The van der Waals surface area contributed by atoms with E-state index >= 15 is 0 Å². The largest absolute Gasteiger partial charge is 0.491 e. The summed E-state index contributed by atoms with van der Waals surface area (Å²) in [5, 5.41) is 14.6. The summed E-state index contributed by atoms with van der Waals surface area (Å²) in [5.41, 5.74) is 8.25. The lowest BCUT2D eigenvalue weighted by molar-refractivity contribution is -0.111. The molecular formula is C31H37N3O6S. The summed E-state index contributed by atoms with van der Waals surface area (Å²) in [5.74, 6) is 0.287. The molecule has 218 valence electrons. The standard InChI is InChI=1S/C31H37N3O6S/c1-3-38-28(10-6-7-11-29(36)34-27-9-5-4-8-26(27)32)30(22-12-16-24(17-13-22)39-21-20-35)40-31(37)33-23-14-18-25(41-2)19-15-23/h4-5,7-9,11-19,28,30,35H,3,6,10,20-21,32H2,1-2H3,(H,33,37)(H,34,36)/b11-7+/t28-,30-/m0/s1. The summed E-state index contributed by atoms with van der Waals surface area (Å²) in [7, 11) is 0. The van der Waals surface area contributed by atoms with Crippen LogP contribution in [0.5, 0.6) is 5.75 Å². The Morgan fingerprint density at radius 3 is 2.41 bits per heavy atom. The average Bonchev–Trinajstić information content (AvgIpc) is 2.98. The summed E-state index contributed by atoms with van der Waals surface area (Å²) in [6.07, 6.45) is 4.31. The van der Waals surface area contributed by atoms with Crippen molar-refractivity contribution in [3.63, 3.8) is 0 Å². The normalized spacial score (nSPS) is 12.5. The molecule has 0 unspecified atom stereocenters. The molecule has 0 radical (unpaired) electrons. The fourth-order valence-electron chi connectivity index (χ4n) is 3.99. The van der Waals surface area contributed by atoms with Gasteiger partial charge in [-0.2, -0.15) is 0 Å². The second kappa shape index (κ2) is 17.0. The van der Waals surface area contributed by atoms with Gasteiger partial charge in [0, 0.05) is 17.2 Å². The van der Waals surface area contributed by atoms with Crippen LogP contribution >= 0.6 is 11.8 Å². The number of carbonyl (C=O) groups is 2. The number of aliphatic hydroxyl groups excluding tert-OH is 1. The third kappa shape index (κ3) is 10.5. The van der Waals surface area contributed by atoms with Crippen molar-refractivity contribution in [2.75, 3.05) is 42.4 Å².